The van der Waals surface area contributed by atoms with E-state index in [1.165, 1.54) is 0 Å². The van der Waals surface area contributed by atoms with Crippen molar-refractivity contribution in [3.63, 3.8) is 0 Å². The van der Waals surface area contributed by atoms with Crippen LogP contribution < -0.4 is 0 Å². The predicted molar refractivity (Wildman–Crippen MR) is 63.8 cm³/mol. The molecule has 2 aliphatic rings. The second-order valence-corrected chi connectivity index (χ2v) is 5.33. The zero-order chi connectivity index (χ0) is 13.3. The van der Waals surface area contributed by atoms with Crippen LogP contribution in [-0.4, -0.2) is 41.3 Å². The van der Waals surface area contributed by atoms with Gasteiger partial charge in [0.05, 0.1) is 12.5 Å². The van der Waals surface area contributed by atoms with E-state index >= 15 is 0 Å². The van der Waals surface area contributed by atoms with E-state index in [2.05, 4.69) is 0 Å². The summed E-state index contributed by atoms with van der Waals surface area (Å²) in [6.07, 6.45) is 2.38. The number of hydrogen-bond donors (Lipinski definition) is 1. The van der Waals surface area contributed by atoms with Gasteiger partial charge in [0, 0.05) is 6.42 Å². The van der Waals surface area contributed by atoms with Crippen LogP contribution in [-0.2, 0) is 19.0 Å². The van der Waals surface area contributed by atoms with Gasteiger partial charge in [-0.2, -0.15) is 0 Å². The molecule has 0 aliphatic carbocycles. The van der Waals surface area contributed by atoms with Crippen LogP contribution in [0.5, 0.6) is 0 Å². The van der Waals surface area contributed by atoms with E-state index in [9.17, 15) is 9.90 Å². The van der Waals surface area contributed by atoms with E-state index in [-0.39, 0.29) is 30.7 Å². The summed E-state index contributed by atoms with van der Waals surface area (Å²) in [6.45, 7) is 5.37. The van der Waals surface area contributed by atoms with Gasteiger partial charge in [-0.05, 0) is 20.8 Å². The standard InChI is InChI=1S/C13H20O5/c1-8-6-9(14)4-5-10-11(7-12(15)16-8)18-13(2,3)17-10/h4-5,8-11,14H,6-7H2,1-3H3/b5-4+/t8-,9-,10-,11-/m0/s1. The minimum Gasteiger partial charge on any atom is -0.462 e. The molecular weight excluding hydrogens is 236 g/mol. The molecule has 0 unspecified atom stereocenters. The van der Waals surface area contributed by atoms with Crippen molar-refractivity contribution < 1.29 is 24.1 Å². The number of rotatable bonds is 0. The molecule has 1 saturated heterocycles. The number of aliphatic hydroxyl groups excluding tert-OH is 1. The van der Waals surface area contributed by atoms with E-state index < -0.39 is 11.9 Å². The van der Waals surface area contributed by atoms with Crippen molar-refractivity contribution in [2.24, 2.45) is 0 Å². The fraction of sp³-hybridized carbons (Fsp3) is 0.769. The zero-order valence-corrected chi connectivity index (χ0v) is 11.0. The van der Waals surface area contributed by atoms with Gasteiger partial charge in [0.15, 0.2) is 5.79 Å². The molecule has 0 radical (unpaired) electrons. The van der Waals surface area contributed by atoms with Gasteiger partial charge in [-0.25, -0.2) is 0 Å². The van der Waals surface area contributed by atoms with Crippen LogP contribution >= 0.6 is 0 Å². The van der Waals surface area contributed by atoms with Crippen molar-refractivity contribution in [1.82, 2.24) is 0 Å². The quantitative estimate of drug-likeness (QED) is 0.520. The third-order valence-electron chi connectivity index (χ3n) is 3.02. The molecule has 2 aliphatic heterocycles. The minimum absolute atomic E-state index is 0.166. The Hall–Kier alpha value is -0.910. The molecule has 2 heterocycles. The van der Waals surface area contributed by atoms with Crippen LogP contribution in [0.2, 0.25) is 0 Å². The molecule has 102 valence electrons. The fourth-order valence-electron chi connectivity index (χ4n) is 2.33. The van der Waals surface area contributed by atoms with Crippen LogP contribution in [0.15, 0.2) is 12.2 Å². The monoisotopic (exact) mass is 256 g/mol. The average molecular weight is 256 g/mol. The highest BCUT2D eigenvalue weighted by Gasteiger charge is 2.41. The molecule has 0 aromatic rings. The van der Waals surface area contributed by atoms with Crippen molar-refractivity contribution >= 4 is 5.97 Å². The summed E-state index contributed by atoms with van der Waals surface area (Å²) < 4.78 is 16.6. The number of cyclic esters (lactones) is 1. The Morgan fingerprint density at radius 2 is 2.06 bits per heavy atom. The van der Waals surface area contributed by atoms with Crippen LogP contribution in [0.1, 0.15) is 33.6 Å². The molecule has 0 saturated carbocycles. The number of carbonyl (C=O) groups is 1. The van der Waals surface area contributed by atoms with E-state index in [0.717, 1.165) is 0 Å². The molecular formula is C13H20O5. The molecule has 5 nitrogen and oxygen atoms in total. The van der Waals surface area contributed by atoms with Gasteiger partial charge in [0.2, 0.25) is 0 Å². The Morgan fingerprint density at radius 3 is 2.78 bits per heavy atom. The van der Waals surface area contributed by atoms with Gasteiger partial charge in [0.1, 0.15) is 18.3 Å². The van der Waals surface area contributed by atoms with E-state index in [4.69, 9.17) is 14.2 Å². The van der Waals surface area contributed by atoms with Crippen LogP contribution in [0.25, 0.3) is 0 Å². The second kappa shape index (κ2) is 4.99. The topological polar surface area (TPSA) is 65.0 Å². The number of hydrogen-bond acceptors (Lipinski definition) is 5. The lowest BCUT2D eigenvalue weighted by Crippen LogP contribution is -2.29. The molecule has 0 amide bonds. The van der Waals surface area contributed by atoms with Crippen molar-refractivity contribution in [1.29, 1.82) is 0 Å². The normalized spacial score (nSPS) is 41.9. The summed E-state index contributed by atoms with van der Waals surface area (Å²) in [5.41, 5.74) is 0. The lowest BCUT2D eigenvalue weighted by atomic mass is 10.1. The van der Waals surface area contributed by atoms with Crippen molar-refractivity contribution in [2.75, 3.05) is 0 Å². The number of esters is 1. The smallest absolute Gasteiger partial charge is 0.308 e. The summed E-state index contributed by atoms with van der Waals surface area (Å²) in [6, 6.07) is 0. The van der Waals surface area contributed by atoms with E-state index in [1.54, 1.807) is 32.9 Å². The Bertz CT molecular complexity index is 349. The van der Waals surface area contributed by atoms with Gasteiger partial charge in [-0.3, -0.25) is 4.79 Å². The molecule has 2 rings (SSSR count). The second-order valence-electron chi connectivity index (χ2n) is 5.33. The molecule has 18 heavy (non-hydrogen) atoms. The molecule has 5 heteroatoms. The van der Waals surface area contributed by atoms with Crippen molar-refractivity contribution in [2.45, 2.75) is 63.8 Å². The summed E-state index contributed by atoms with van der Waals surface area (Å²) in [4.78, 5) is 11.7. The highest BCUT2D eigenvalue weighted by Crippen LogP contribution is 2.31. The lowest BCUT2D eigenvalue weighted by Gasteiger charge is -2.20. The average Bonchev–Trinajstić information content (AvgIpc) is 2.48. The Balaban J connectivity index is 2.16. The van der Waals surface area contributed by atoms with Crippen LogP contribution in [0.4, 0.5) is 0 Å². The Labute approximate surface area is 107 Å². The number of ether oxygens (including phenoxy) is 3. The zero-order valence-electron chi connectivity index (χ0n) is 11.0. The molecule has 4 atom stereocenters. The first-order chi connectivity index (χ1) is 8.35. The number of carbonyl (C=O) groups excluding carboxylic acids is 1. The first-order valence-corrected chi connectivity index (χ1v) is 6.27. The maximum Gasteiger partial charge on any atom is 0.308 e. The third-order valence-corrected chi connectivity index (χ3v) is 3.02. The molecule has 0 aromatic heterocycles. The Kier molecular flexibility index (Phi) is 3.75. The SMILES string of the molecule is C[C@H]1C[C@@H](O)/C=C/[C@@H]2OC(C)(C)O[C@H]2CC(=O)O1. The van der Waals surface area contributed by atoms with Crippen LogP contribution in [0.3, 0.4) is 0 Å². The highest BCUT2D eigenvalue weighted by molar-refractivity contribution is 5.70. The molecule has 0 aromatic carbocycles. The number of aliphatic hydroxyl groups is 1. The van der Waals surface area contributed by atoms with Crippen molar-refractivity contribution in [3.8, 4) is 0 Å². The summed E-state index contributed by atoms with van der Waals surface area (Å²) >= 11 is 0. The third kappa shape index (κ3) is 3.31. The maximum atomic E-state index is 11.7. The first-order valence-electron chi connectivity index (χ1n) is 6.27. The summed E-state index contributed by atoms with van der Waals surface area (Å²) in [7, 11) is 0. The lowest BCUT2D eigenvalue weighted by molar-refractivity contribution is -0.158. The first kappa shape index (κ1) is 13.5. The minimum atomic E-state index is -0.718. The van der Waals surface area contributed by atoms with Gasteiger partial charge in [0.25, 0.3) is 0 Å². The highest BCUT2D eigenvalue weighted by atomic mass is 16.8. The molecule has 0 bridgehead atoms. The van der Waals surface area contributed by atoms with Crippen molar-refractivity contribution in [3.05, 3.63) is 12.2 Å². The fourth-order valence-corrected chi connectivity index (χ4v) is 2.33. The van der Waals surface area contributed by atoms with Gasteiger partial charge in [-0.15, -0.1) is 0 Å². The van der Waals surface area contributed by atoms with Gasteiger partial charge in [-0.1, -0.05) is 12.2 Å². The number of fused-ring (bicyclic) bond motifs is 1. The van der Waals surface area contributed by atoms with E-state index in [0.29, 0.717) is 6.42 Å². The predicted octanol–water partition coefficient (Wildman–Crippen LogP) is 1.15. The summed E-state index contributed by atoms with van der Waals surface area (Å²) in [5, 5.41) is 9.76. The largest absolute Gasteiger partial charge is 0.462 e. The maximum absolute atomic E-state index is 11.7. The van der Waals surface area contributed by atoms with E-state index in [1.807, 2.05) is 0 Å². The van der Waals surface area contributed by atoms with Gasteiger partial charge >= 0.3 is 5.97 Å². The van der Waals surface area contributed by atoms with Gasteiger partial charge < -0.3 is 19.3 Å². The summed E-state index contributed by atoms with van der Waals surface area (Å²) in [5.74, 6) is -1.04. The molecule has 1 fully saturated rings. The molecule has 0 spiro atoms. The molecule has 1 N–H and O–H groups in total. The van der Waals surface area contributed by atoms with Crippen LogP contribution in [0, 0.1) is 0 Å². The Morgan fingerprint density at radius 1 is 1.33 bits per heavy atom.